The van der Waals surface area contributed by atoms with Crippen LogP contribution in [0.5, 0.6) is 0 Å². The zero-order valence-corrected chi connectivity index (χ0v) is 10.8. The van der Waals surface area contributed by atoms with Crippen LogP contribution in [0.2, 0.25) is 0 Å². The van der Waals surface area contributed by atoms with Crippen molar-refractivity contribution in [1.29, 1.82) is 5.26 Å². The van der Waals surface area contributed by atoms with Gasteiger partial charge in [-0.3, -0.25) is 4.79 Å². The molecule has 3 heteroatoms. The standard InChI is InChI=1S/C13H22N2O/c1-12(2,8-14)9-15-11(16)10-6-5-7-13(10,3)4/h10H,5-7,9H2,1-4H3,(H,15,16). The first kappa shape index (κ1) is 13.0. The Morgan fingerprint density at radius 3 is 2.62 bits per heavy atom. The number of hydrogen-bond donors (Lipinski definition) is 1. The topological polar surface area (TPSA) is 52.9 Å². The molecule has 0 radical (unpaired) electrons. The Labute approximate surface area is 98.2 Å². The van der Waals surface area contributed by atoms with Gasteiger partial charge in [0.25, 0.3) is 0 Å². The fourth-order valence-corrected chi connectivity index (χ4v) is 2.28. The minimum absolute atomic E-state index is 0.112. The number of nitrogens with zero attached hydrogens (tertiary/aromatic N) is 1. The van der Waals surface area contributed by atoms with Crippen LogP contribution in [-0.2, 0) is 4.79 Å². The Bertz CT molecular complexity index is 312. The number of nitrogens with one attached hydrogen (secondary N) is 1. The van der Waals surface area contributed by atoms with E-state index in [0.717, 1.165) is 19.3 Å². The van der Waals surface area contributed by atoms with Gasteiger partial charge in [-0.25, -0.2) is 0 Å². The molecule has 1 aliphatic rings. The van der Waals surface area contributed by atoms with Gasteiger partial charge in [0.15, 0.2) is 0 Å². The molecule has 0 saturated heterocycles. The van der Waals surface area contributed by atoms with Crippen molar-refractivity contribution in [2.75, 3.05) is 6.54 Å². The quantitative estimate of drug-likeness (QED) is 0.797. The van der Waals surface area contributed by atoms with Crippen LogP contribution in [0.15, 0.2) is 0 Å². The Hall–Kier alpha value is -1.04. The molecule has 1 aliphatic carbocycles. The molecular weight excluding hydrogens is 200 g/mol. The Morgan fingerprint density at radius 2 is 2.19 bits per heavy atom. The summed E-state index contributed by atoms with van der Waals surface area (Å²) in [6, 6.07) is 2.19. The van der Waals surface area contributed by atoms with Gasteiger partial charge in [-0.15, -0.1) is 0 Å². The maximum absolute atomic E-state index is 12.0. The lowest BCUT2D eigenvalue weighted by Gasteiger charge is -2.27. The third kappa shape index (κ3) is 2.98. The van der Waals surface area contributed by atoms with Crippen LogP contribution in [0.25, 0.3) is 0 Å². The third-order valence-electron chi connectivity index (χ3n) is 3.58. The number of carbonyl (C=O) groups excluding carboxylic acids is 1. The van der Waals surface area contributed by atoms with Crippen molar-refractivity contribution in [2.24, 2.45) is 16.7 Å². The summed E-state index contributed by atoms with van der Waals surface area (Å²) in [6.07, 6.45) is 3.23. The highest BCUT2D eigenvalue weighted by Gasteiger charge is 2.39. The summed E-state index contributed by atoms with van der Waals surface area (Å²) in [6.45, 7) is 8.43. The molecule has 1 unspecified atom stereocenters. The summed E-state index contributed by atoms with van der Waals surface area (Å²) in [4.78, 5) is 12.0. The van der Waals surface area contributed by atoms with Crippen LogP contribution >= 0.6 is 0 Å². The van der Waals surface area contributed by atoms with Crippen LogP contribution in [0.1, 0.15) is 47.0 Å². The van der Waals surface area contributed by atoms with E-state index in [1.165, 1.54) is 0 Å². The van der Waals surface area contributed by atoms with Crippen molar-refractivity contribution in [1.82, 2.24) is 5.32 Å². The first-order valence-electron chi connectivity index (χ1n) is 5.97. The van der Waals surface area contributed by atoms with E-state index >= 15 is 0 Å². The van der Waals surface area contributed by atoms with E-state index in [-0.39, 0.29) is 17.2 Å². The molecule has 0 aromatic heterocycles. The zero-order valence-electron chi connectivity index (χ0n) is 10.8. The minimum Gasteiger partial charge on any atom is -0.354 e. The lowest BCUT2D eigenvalue weighted by atomic mass is 9.81. The van der Waals surface area contributed by atoms with E-state index < -0.39 is 5.41 Å². The SMILES string of the molecule is CC(C)(C#N)CNC(=O)C1CCCC1(C)C. The molecule has 0 spiro atoms. The Morgan fingerprint density at radius 1 is 1.56 bits per heavy atom. The lowest BCUT2D eigenvalue weighted by molar-refractivity contribution is -0.127. The molecule has 1 rings (SSSR count). The summed E-state index contributed by atoms with van der Waals surface area (Å²) in [5.74, 6) is 0.229. The number of hydrogen-bond acceptors (Lipinski definition) is 2. The van der Waals surface area contributed by atoms with Crippen LogP contribution in [0.4, 0.5) is 0 Å². The van der Waals surface area contributed by atoms with Crippen molar-refractivity contribution in [3.05, 3.63) is 0 Å². The fraction of sp³-hybridized carbons (Fsp3) is 0.846. The van der Waals surface area contributed by atoms with Crippen LogP contribution < -0.4 is 5.32 Å². The molecule has 1 atom stereocenters. The number of rotatable bonds is 3. The van der Waals surface area contributed by atoms with Crippen molar-refractivity contribution in [2.45, 2.75) is 47.0 Å². The maximum Gasteiger partial charge on any atom is 0.223 e. The molecule has 90 valence electrons. The van der Waals surface area contributed by atoms with Gasteiger partial charge in [0.1, 0.15) is 0 Å². The largest absolute Gasteiger partial charge is 0.354 e. The van der Waals surface area contributed by atoms with E-state index in [4.69, 9.17) is 5.26 Å². The van der Waals surface area contributed by atoms with Crippen molar-refractivity contribution >= 4 is 5.91 Å². The second kappa shape index (κ2) is 4.45. The van der Waals surface area contributed by atoms with Crippen molar-refractivity contribution in [3.63, 3.8) is 0 Å². The van der Waals surface area contributed by atoms with Crippen LogP contribution in [0.3, 0.4) is 0 Å². The summed E-state index contributed by atoms with van der Waals surface area (Å²) in [5.41, 5.74) is -0.362. The molecule has 0 aromatic rings. The molecule has 1 saturated carbocycles. The second-order valence-electron chi connectivity index (χ2n) is 6.15. The van der Waals surface area contributed by atoms with E-state index in [1.807, 2.05) is 13.8 Å². The third-order valence-corrected chi connectivity index (χ3v) is 3.58. The summed E-state index contributed by atoms with van der Waals surface area (Å²) < 4.78 is 0. The van der Waals surface area contributed by atoms with Gasteiger partial charge in [0.2, 0.25) is 5.91 Å². The van der Waals surface area contributed by atoms with E-state index in [9.17, 15) is 4.79 Å². The second-order valence-corrected chi connectivity index (χ2v) is 6.15. The molecule has 0 aliphatic heterocycles. The van der Waals surface area contributed by atoms with E-state index in [1.54, 1.807) is 0 Å². The van der Waals surface area contributed by atoms with Gasteiger partial charge in [-0.2, -0.15) is 5.26 Å². The Balaban J connectivity index is 2.51. The van der Waals surface area contributed by atoms with Gasteiger partial charge in [0.05, 0.1) is 11.5 Å². The molecule has 1 fully saturated rings. The van der Waals surface area contributed by atoms with Gasteiger partial charge in [-0.1, -0.05) is 20.3 Å². The highest BCUT2D eigenvalue weighted by atomic mass is 16.1. The highest BCUT2D eigenvalue weighted by Crippen LogP contribution is 2.42. The predicted molar refractivity (Wildman–Crippen MR) is 63.5 cm³/mol. The summed E-state index contributed by atoms with van der Waals surface area (Å²) in [7, 11) is 0. The van der Waals surface area contributed by atoms with Crippen LogP contribution in [-0.4, -0.2) is 12.5 Å². The molecule has 1 amide bonds. The zero-order chi connectivity index (χ0) is 12.4. The molecule has 3 nitrogen and oxygen atoms in total. The average Bonchev–Trinajstić information content (AvgIpc) is 2.55. The lowest BCUT2D eigenvalue weighted by Crippen LogP contribution is -2.40. The first-order chi connectivity index (χ1) is 7.28. The number of amides is 1. The average molecular weight is 222 g/mol. The van der Waals surface area contributed by atoms with Gasteiger partial charge in [0, 0.05) is 12.5 Å². The smallest absolute Gasteiger partial charge is 0.223 e. The Kier molecular flexibility index (Phi) is 3.62. The fourth-order valence-electron chi connectivity index (χ4n) is 2.28. The molecule has 16 heavy (non-hydrogen) atoms. The number of nitriles is 1. The van der Waals surface area contributed by atoms with Crippen LogP contribution in [0, 0.1) is 28.1 Å². The highest BCUT2D eigenvalue weighted by molar-refractivity contribution is 5.79. The normalized spacial score (nSPS) is 23.8. The molecular formula is C13H22N2O. The van der Waals surface area contributed by atoms with Gasteiger partial charge >= 0.3 is 0 Å². The van der Waals surface area contributed by atoms with Crippen molar-refractivity contribution in [3.8, 4) is 6.07 Å². The maximum atomic E-state index is 12.0. The first-order valence-corrected chi connectivity index (χ1v) is 5.97. The molecule has 0 heterocycles. The van der Waals surface area contributed by atoms with E-state index in [0.29, 0.717) is 6.54 Å². The molecule has 1 N–H and O–H groups in total. The van der Waals surface area contributed by atoms with Gasteiger partial charge < -0.3 is 5.32 Å². The summed E-state index contributed by atoms with van der Waals surface area (Å²) >= 11 is 0. The van der Waals surface area contributed by atoms with E-state index in [2.05, 4.69) is 25.2 Å². The van der Waals surface area contributed by atoms with Gasteiger partial charge in [-0.05, 0) is 32.1 Å². The monoisotopic (exact) mass is 222 g/mol. The predicted octanol–water partition coefficient (Wildman–Crippen LogP) is 2.48. The van der Waals surface area contributed by atoms with Crippen molar-refractivity contribution < 1.29 is 4.79 Å². The number of carbonyl (C=O) groups is 1. The summed E-state index contributed by atoms with van der Waals surface area (Å²) in [5, 5.41) is 11.8. The minimum atomic E-state index is -0.474. The molecule has 0 bridgehead atoms. The molecule has 0 aromatic carbocycles.